The van der Waals surface area contributed by atoms with Gasteiger partial charge in [0.15, 0.2) is 0 Å². The maximum atomic E-state index is 11.8. The summed E-state index contributed by atoms with van der Waals surface area (Å²) < 4.78 is 5.35. The summed E-state index contributed by atoms with van der Waals surface area (Å²) in [5.41, 5.74) is -0.404. The van der Waals surface area contributed by atoms with Crippen molar-refractivity contribution in [3.63, 3.8) is 0 Å². The molecule has 0 unspecified atom stereocenters. The molecule has 0 aromatic rings. The highest BCUT2D eigenvalue weighted by molar-refractivity contribution is 5.68. The summed E-state index contributed by atoms with van der Waals surface area (Å²) in [4.78, 5) is 13.6. The van der Waals surface area contributed by atoms with E-state index in [1.807, 2.05) is 31.7 Å². The molecular weight excluding hydrogens is 190 g/mol. The Morgan fingerprint density at radius 3 is 2.80 bits per heavy atom. The average Bonchev–Trinajstić information content (AvgIpc) is 2.49. The first-order chi connectivity index (χ1) is 6.94. The lowest BCUT2D eigenvalue weighted by atomic mass is 10.1. The van der Waals surface area contributed by atoms with Gasteiger partial charge in [0.05, 0.1) is 0 Å². The van der Waals surface area contributed by atoms with E-state index in [1.165, 1.54) is 0 Å². The van der Waals surface area contributed by atoms with Crippen LogP contribution in [-0.4, -0.2) is 29.2 Å². The lowest BCUT2D eigenvalue weighted by molar-refractivity contribution is 0.0228. The minimum Gasteiger partial charge on any atom is -0.444 e. The van der Waals surface area contributed by atoms with Crippen LogP contribution in [0.2, 0.25) is 0 Å². The summed E-state index contributed by atoms with van der Waals surface area (Å²) >= 11 is 0. The Bertz CT molecular complexity index is 242. The van der Waals surface area contributed by atoms with E-state index in [-0.39, 0.29) is 12.1 Å². The van der Waals surface area contributed by atoms with Crippen LogP contribution in [0, 0.1) is 0 Å². The van der Waals surface area contributed by atoms with Crippen LogP contribution in [0.15, 0.2) is 12.7 Å². The van der Waals surface area contributed by atoms with Gasteiger partial charge in [0, 0.05) is 12.6 Å². The van der Waals surface area contributed by atoms with Gasteiger partial charge in [-0.1, -0.05) is 6.08 Å². The van der Waals surface area contributed by atoms with Crippen LogP contribution >= 0.6 is 0 Å². The Hall–Kier alpha value is -0.990. The molecule has 1 atom stereocenters. The largest absolute Gasteiger partial charge is 0.444 e. The van der Waals surface area contributed by atoms with E-state index in [2.05, 4.69) is 6.58 Å². The normalized spacial score (nSPS) is 21.5. The van der Waals surface area contributed by atoms with Gasteiger partial charge >= 0.3 is 6.09 Å². The van der Waals surface area contributed by atoms with Crippen LogP contribution in [0.5, 0.6) is 0 Å². The van der Waals surface area contributed by atoms with Crippen LogP contribution in [0.4, 0.5) is 4.79 Å². The van der Waals surface area contributed by atoms with Crippen molar-refractivity contribution in [3.8, 4) is 0 Å². The predicted octanol–water partition coefficient (Wildman–Crippen LogP) is 2.96. The Morgan fingerprint density at radius 2 is 2.27 bits per heavy atom. The number of amides is 1. The Morgan fingerprint density at radius 1 is 1.60 bits per heavy atom. The highest BCUT2D eigenvalue weighted by Crippen LogP contribution is 2.22. The molecular formula is C12H21NO2. The molecule has 1 aliphatic rings. The van der Waals surface area contributed by atoms with Gasteiger partial charge in [-0.25, -0.2) is 4.79 Å². The van der Waals surface area contributed by atoms with Crippen molar-refractivity contribution in [1.29, 1.82) is 0 Å². The molecule has 1 saturated heterocycles. The zero-order valence-electron chi connectivity index (χ0n) is 9.95. The van der Waals surface area contributed by atoms with Gasteiger partial charge in [-0.15, -0.1) is 6.58 Å². The fraction of sp³-hybridized carbons (Fsp3) is 0.750. The van der Waals surface area contributed by atoms with Crippen molar-refractivity contribution in [1.82, 2.24) is 4.90 Å². The molecule has 0 aromatic heterocycles. The second-order valence-electron chi connectivity index (χ2n) is 4.99. The van der Waals surface area contributed by atoms with E-state index in [4.69, 9.17) is 4.74 Å². The minimum absolute atomic E-state index is 0.188. The van der Waals surface area contributed by atoms with Crippen molar-refractivity contribution < 1.29 is 9.53 Å². The molecule has 1 heterocycles. The lowest BCUT2D eigenvalue weighted by Crippen LogP contribution is -2.39. The van der Waals surface area contributed by atoms with E-state index < -0.39 is 5.60 Å². The number of likely N-dealkylation sites (tertiary alicyclic amines) is 1. The second kappa shape index (κ2) is 4.69. The van der Waals surface area contributed by atoms with Gasteiger partial charge in [0.1, 0.15) is 5.60 Å². The zero-order valence-corrected chi connectivity index (χ0v) is 9.95. The molecule has 3 nitrogen and oxygen atoms in total. The zero-order chi connectivity index (χ0) is 11.5. The van der Waals surface area contributed by atoms with Crippen molar-refractivity contribution in [3.05, 3.63) is 12.7 Å². The standard InChI is InChI=1S/C12H21NO2/c1-5-7-10-8-6-9-13(10)11(14)15-12(2,3)4/h5,10H,1,6-9H2,2-4H3/t10-/m0/s1. The van der Waals surface area contributed by atoms with Crippen molar-refractivity contribution in [2.24, 2.45) is 0 Å². The molecule has 1 amide bonds. The van der Waals surface area contributed by atoms with Crippen LogP contribution in [0.1, 0.15) is 40.0 Å². The number of hydrogen-bond acceptors (Lipinski definition) is 2. The van der Waals surface area contributed by atoms with Crippen LogP contribution in [0.25, 0.3) is 0 Å². The van der Waals surface area contributed by atoms with E-state index in [1.54, 1.807) is 0 Å². The molecule has 1 fully saturated rings. The molecule has 0 spiro atoms. The smallest absolute Gasteiger partial charge is 0.410 e. The summed E-state index contributed by atoms with van der Waals surface area (Å²) in [5.74, 6) is 0. The lowest BCUT2D eigenvalue weighted by Gasteiger charge is -2.28. The Balaban J connectivity index is 2.54. The average molecular weight is 211 g/mol. The summed E-state index contributed by atoms with van der Waals surface area (Å²) in [6, 6.07) is 0.289. The highest BCUT2D eigenvalue weighted by Gasteiger charge is 2.31. The topological polar surface area (TPSA) is 29.5 Å². The van der Waals surface area contributed by atoms with Crippen molar-refractivity contribution in [2.45, 2.75) is 51.7 Å². The van der Waals surface area contributed by atoms with E-state index in [9.17, 15) is 4.79 Å². The number of carbonyl (C=O) groups is 1. The number of ether oxygens (including phenoxy) is 1. The summed E-state index contributed by atoms with van der Waals surface area (Å²) in [6.45, 7) is 10.2. The molecule has 0 aromatic carbocycles. The number of carbonyl (C=O) groups excluding carboxylic acids is 1. The third kappa shape index (κ3) is 3.57. The van der Waals surface area contributed by atoms with E-state index in [0.717, 1.165) is 25.8 Å². The van der Waals surface area contributed by atoms with Gasteiger partial charge in [-0.3, -0.25) is 0 Å². The van der Waals surface area contributed by atoms with E-state index >= 15 is 0 Å². The van der Waals surface area contributed by atoms with Crippen molar-refractivity contribution >= 4 is 6.09 Å². The Kier molecular flexibility index (Phi) is 3.77. The fourth-order valence-corrected chi connectivity index (χ4v) is 1.83. The molecule has 1 aliphatic heterocycles. The van der Waals surface area contributed by atoms with Crippen LogP contribution < -0.4 is 0 Å². The minimum atomic E-state index is -0.404. The summed E-state index contributed by atoms with van der Waals surface area (Å²) in [6.07, 6.45) is 4.67. The number of nitrogens with zero attached hydrogens (tertiary/aromatic N) is 1. The first kappa shape index (κ1) is 12.1. The third-order valence-corrected chi connectivity index (χ3v) is 2.44. The van der Waals surface area contributed by atoms with Gasteiger partial charge in [-0.2, -0.15) is 0 Å². The SMILES string of the molecule is C=CC[C@H]1CCCN1C(=O)OC(C)(C)C. The van der Waals surface area contributed by atoms with Gasteiger partial charge in [0.2, 0.25) is 0 Å². The second-order valence-corrected chi connectivity index (χ2v) is 4.99. The fourth-order valence-electron chi connectivity index (χ4n) is 1.83. The molecule has 15 heavy (non-hydrogen) atoms. The maximum absolute atomic E-state index is 11.8. The van der Waals surface area contributed by atoms with Gasteiger partial charge in [-0.05, 0) is 40.0 Å². The van der Waals surface area contributed by atoms with Crippen molar-refractivity contribution in [2.75, 3.05) is 6.54 Å². The molecule has 0 aliphatic carbocycles. The first-order valence-electron chi connectivity index (χ1n) is 5.54. The molecule has 0 N–H and O–H groups in total. The monoisotopic (exact) mass is 211 g/mol. The van der Waals surface area contributed by atoms with Crippen LogP contribution in [0.3, 0.4) is 0 Å². The summed E-state index contributed by atoms with van der Waals surface area (Å²) in [5, 5.41) is 0. The summed E-state index contributed by atoms with van der Waals surface area (Å²) in [7, 11) is 0. The third-order valence-electron chi connectivity index (χ3n) is 2.44. The first-order valence-corrected chi connectivity index (χ1v) is 5.54. The van der Waals surface area contributed by atoms with Gasteiger partial charge in [0.25, 0.3) is 0 Å². The highest BCUT2D eigenvalue weighted by atomic mass is 16.6. The maximum Gasteiger partial charge on any atom is 0.410 e. The number of hydrogen-bond donors (Lipinski definition) is 0. The predicted molar refractivity (Wildman–Crippen MR) is 60.8 cm³/mol. The Labute approximate surface area is 92.1 Å². The quantitative estimate of drug-likeness (QED) is 0.657. The molecule has 1 rings (SSSR count). The molecule has 86 valence electrons. The molecule has 3 heteroatoms. The van der Waals surface area contributed by atoms with Gasteiger partial charge < -0.3 is 9.64 Å². The molecule has 0 radical (unpaired) electrons. The number of rotatable bonds is 2. The molecule has 0 saturated carbocycles. The van der Waals surface area contributed by atoms with Crippen LogP contribution in [-0.2, 0) is 4.74 Å². The van der Waals surface area contributed by atoms with E-state index in [0.29, 0.717) is 0 Å². The molecule has 0 bridgehead atoms.